The fourth-order valence-corrected chi connectivity index (χ4v) is 1.18. The molecule has 2 rings (SSSR count). The number of anilines is 2. The van der Waals surface area contributed by atoms with Crippen LogP contribution in [0.3, 0.4) is 0 Å². The van der Waals surface area contributed by atoms with E-state index >= 15 is 0 Å². The van der Waals surface area contributed by atoms with Crippen molar-refractivity contribution >= 4 is 17.4 Å². The van der Waals surface area contributed by atoms with Gasteiger partial charge in [0.2, 0.25) is 0 Å². The molecular formula is C11H10N4O. The number of hydrogen-bond acceptors (Lipinski definition) is 4. The molecule has 5 heteroatoms. The van der Waals surface area contributed by atoms with E-state index in [1.54, 1.807) is 12.1 Å². The first-order valence-electron chi connectivity index (χ1n) is 4.71. The van der Waals surface area contributed by atoms with Gasteiger partial charge in [-0.3, -0.25) is 4.79 Å². The van der Waals surface area contributed by atoms with Crippen molar-refractivity contribution in [2.75, 3.05) is 11.1 Å². The molecule has 0 spiro atoms. The molecule has 80 valence electrons. The van der Waals surface area contributed by atoms with Gasteiger partial charge in [0.05, 0.1) is 0 Å². The van der Waals surface area contributed by atoms with E-state index in [-0.39, 0.29) is 17.4 Å². The van der Waals surface area contributed by atoms with Crippen molar-refractivity contribution in [3.05, 3.63) is 48.2 Å². The maximum atomic E-state index is 11.7. The van der Waals surface area contributed by atoms with Gasteiger partial charge in [0, 0.05) is 5.69 Å². The lowest BCUT2D eigenvalue weighted by molar-refractivity contribution is 0.102. The van der Waals surface area contributed by atoms with E-state index in [1.807, 2.05) is 18.2 Å². The second-order valence-electron chi connectivity index (χ2n) is 3.16. The summed E-state index contributed by atoms with van der Waals surface area (Å²) in [5.41, 5.74) is 6.32. The standard InChI is InChI=1S/C11H10N4O/c12-10-7-6-9(14-15-10)11(16)13-8-4-2-1-3-5-8/h1-7H,(H2,12,15)(H,13,16). The number of carbonyl (C=O) groups excluding carboxylic acids is 1. The van der Waals surface area contributed by atoms with Gasteiger partial charge in [0.1, 0.15) is 5.82 Å². The Morgan fingerprint density at radius 1 is 1.06 bits per heavy atom. The van der Waals surface area contributed by atoms with Gasteiger partial charge in [-0.15, -0.1) is 10.2 Å². The third-order valence-corrected chi connectivity index (χ3v) is 1.95. The third kappa shape index (κ3) is 2.33. The first-order valence-corrected chi connectivity index (χ1v) is 4.71. The van der Waals surface area contributed by atoms with Crippen molar-refractivity contribution in [1.82, 2.24) is 10.2 Å². The highest BCUT2D eigenvalue weighted by Crippen LogP contribution is 2.07. The summed E-state index contributed by atoms with van der Waals surface area (Å²) >= 11 is 0. The number of nitrogen functional groups attached to an aromatic ring is 1. The van der Waals surface area contributed by atoms with Crippen LogP contribution in [-0.2, 0) is 0 Å². The molecule has 1 aromatic carbocycles. The summed E-state index contributed by atoms with van der Waals surface area (Å²) in [6.07, 6.45) is 0. The fraction of sp³-hybridized carbons (Fsp3) is 0. The first kappa shape index (κ1) is 10.1. The SMILES string of the molecule is Nc1ccc(C(=O)Nc2ccccc2)nn1. The van der Waals surface area contributed by atoms with Gasteiger partial charge in [-0.05, 0) is 24.3 Å². The number of hydrogen-bond donors (Lipinski definition) is 2. The summed E-state index contributed by atoms with van der Waals surface area (Å²) in [5.74, 6) is -0.0186. The van der Waals surface area contributed by atoms with Crippen LogP contribution in [0.4, 0.5) is 11.5 Å². The Morgan fingerprint density at radius 3 is 2.44 bits per heavy atom. The number of nitrogens with one attached hydrogen (secondary N) is 1. The van der Waals surface area contributed by atoms with E-state index in [9.17, 15) is 4.79 Å². The molecule has 1 amide bonds. The number of nitrogens with two attached hydrogens (primary N) is 1. The van der Waals surface area contributed by atoms with Gasteiger partial charge in [-0.1, -0.05) is 18.2 Å². The Bertz CT molecular complexity index is 481. The molecule has 16 heavy (non-hydrogen) atoms. The maximum Gasteiger partial charge on any atom is 0.276 e. The molecular weight excluding hydrogens is 204 g/mol. The minimum absolute atomic E-state index is 0.234. The van der Waals surface area contributed by atoms with Crippen LogP contribution in [0.1, 0.15) is 10.5 Å². The molecule has 5 nitrogen and oxygen atoms in total. The monoisotopic (exact) mass is 214 g/mol. The topological polar surface area (TPSA) is 80.9 Å². The van der Waals surface area contributed by atoms with Gasteiger partial charge < -0.3 is 11.1 Å². The van der Waals surface area contributed by atoms with Gasteiger partial charge >= 0.3 is 0 Å². The Morgan fingerprint density at radius 2 is 1.81 bits per heavy atom. The van der Waals surface area contributed by atoms with Gasteiger partial charge in [0.15, 0.2) is 5.69 Å². The molecule has 1 heterocycles. The first-order chi connectivity index (χ1) is 7.75. The number of amides is 1. The van der Waals surface area contributed by atoms with E-state index in [0.717, 1.165) is 0 Å². The van der Waals surface area contributed by atoms with Crippen molar-refractivity contribution in [3.63, 3.8) is 0 Å². The lowest BCUT2D eigenvalue weighted by atomic mass is 10.3. The second kappa shape index (κ2) is 4.39. The number of nitrogens with zero attached hydrogens (tertiary/aromatic N) is 2. The molecule has 0 atom stereocenters. The highest BCUT2D eigenvalue weighted by atomic mass is 16.1. The van der Waals surface area contributed by atoms with Gasteiger partial charge in [-0.2, -0.15) is 0 Å². The molecule has 0 unspecified atom stereocenters. The van der Waals surface area contributed by atoms with Crippen molar-refractivity contribution in [1.29, 1.82) is 0 Å². The average molecular weight is 214 g/mol. The Kier molecular flexibility index (Phi) is 2.77. The predicted octanol–water partition coefficient (Wildman–Crippen LogP) is 1.31. The van der Waals surface area contributed by atoms with Crippen LogP contribution in [0, 0.1) is 0 Å². The van der Waals surface area contributed by atoms with Gasteiger partial charge in [0.25, 0.3) is 5.91 Å². The van der Waals surface area contributed by atoms with Crippen LogP contribution in [0.2, 0.25) is 0 Å². The Balaban J connectivity index is 2.12. The molecule has 0 radical (unpaired) electrons. The van der Waals surface area contributed by atoms with Crippen LogP contribution in [0.25, 0.3) is 0 Å². The molecule has 0 saturated carbocycles. The smallest absolute Gasteiger partial charge is 0.276 e. The number of rotatable bonds is 2. The largest absolute Gasteiger partial charge is 0.382 e. The molecule has 1 aromatic heterocycles. The van der Waals surface area contributed by atoms with Crippen molar-refractivity contribution in [2.24, 2.45) is 0 Å². The molecule has 0 saturated heterocycles. The zero-order chi connectivity index (χ0) is 11.4. The van der Waals surface area contributed by atoms with E-state index < -0.39 is 0 Å². The molecule has 0 aliphatic heterocycles. The summed E-state index contributed by atoms with van der Waals surface area (Å²) in [7, 11) is 0. The normalized spacial score (nSPS) is 9.75. The maximum absolute atomic E-state index is 11.7. The van der Waals surface area contributed by atoms with Crippen LogP contribution in [0.15, 0.2) is 42.5 Å². The third-order valence-electron chi connectivity index (χ3n) is 1.95. The highest BCUT2D eigenvalue weighted by Gasteiger charge is 2.07. The Labute approximate surface area is 92.3 Å². The van der Waals surface area contributed by atoms with E-state index in [0.29, 0.717) is 5.69 Å². The van der Waals surface area contributed by atoms with Gasteiger partial charge in [-0.25, -0.2) is 0 Å². The molecule has 0 bridgehead atoms. The number of aromatic nitrogens is 2. The summed E-state index contributed by atoms with van der Waals surface area (Å²) in [5, 5.41) is 9.99. The highest BCUT2D eigenvalue weighted by molar-refractivity contribution is 6.02. The fourth-order valence-electron chi connectivity index (χ4n) is 1.18. The van der Waals surface area contributed by atoms with Crippen LogP contribution >= 0.6 is 0 Å². The second-order valence-corrected chi connectivity index (χ2v) is 3.16. The molecule has 2 aromatic rings. The number of benzene rings is 1. The summed E-state index contributed by atoms with van der Waals surface area (Å²) < 4.78 is 0. The Hall–Kier alpha value is -2.43. The lowest BCUT2D eigenvalue weighted by Crippen LogP contribution is -2.14. The zero-order valence-corrected chi connectivity index (χ0v) is 8.42. The van der Waals surface area contributed by atoms with Crippen molar-refractivity contribution in [2.45, 2.75) is 0 Å². The minimum Gasteiger partial charge on any atom is -0.382 e. The van der Waals surface area contributed by atoms with E-state index in [4.69, 9.17) is 5.73 Å². The molecule has 0 aliphatic rings. The molecule has 3 N–H and O–H groups in total. The van der Waals surface area contributed by atoms with Crippen LogP contribution in [-0.4, -0.2) is 16.1 Å². The predicted molar refractivity (Wildman–Crippen MR) is 60.8 cm³/mol. The van der Waals surface area contributed by atoms with E-state index in [2.05, 4.69) is 15.5 Å². The van der Waals surface area contributed by atoms with E-state index in [1.165, 1.54) is 12.1 Å². The molecule has 0 aliphatic carbocycles. The van der Waals surface area contributed by atoms with Crippen LogP contribution in [0.5, 0.6) is 0 Å². The van der Waals surface area contributed by atoms with Crippen molar-refractivity contribution in [3.8, 4) is 0 Å². The quantitative estimate of drug-likeness (QED) is 0.789. The van der Waals surface area contributed by atoms with Crippen LogP contribution < -0.4 is 11.1 Å². The van der Waals surface area contributed by atoms with Crippen molar-refractivity contribution < 1.29 is 4.79 Å². The zero-order valence-electron chi connectivity index (χ0n) is 8.42. The molecule has 0 fully saturated rings. The number of para-hydroxylation sites is 1. The lowest BCUT2D eigenvalue weighted by Gasteiger charge is -2.03. The summed E-state index contributed by atoms with van der Waals surface area (Å²) in [4.78, 5) is 11.7. The summed E-state index contributed by atoms with van der Waals surface area (Å²) in [6.45, 7) is 0. The minimum atomic E-state index is -0.307. The average Bonchev–Trinajstić information content (AvgIpc) is 2.31. The summed E-state index contributed by atoms with van der Waals surface area (Å²) in [6, 6.07) is 12.2. The number of carbonyl (C=O) groups is 1.